The summed E-state index contributed by atoms with van der Waals surface area (Å²) in [6.07, 6.45) is 5.21. The molecule has 2 aliphatic rings. The Morgan fingerprint density at radius 1 is 1.11 bits per heavy atom. The third kappa shape index (κ3) is 3.48. The van der Waals surface area contributed by atoms with Crippen LogP contribution in [0.5, 0.6) is 0 Å². The monoisotopic (exact) mass is 260 g/mol. The first-order valence-corrected chi connectivity index (χ1v) is 7.57. The minimum absolute atomic E-state index is 0.683. The number of benzene rings is 1. The lowest BCUT2D eigenvalue weighted by Gasteiger charge is -2.29. The quantitative estimate of drug-likeness (QED) is 0.902. The summed E-state index contributed by atoms with van der Waals surface area (Å²) >= 11 is 0. The molecule has 0 radical (unpaired) electrons. The molecule has 2 heterocycles. The van der Waals surface area contributed by atoms with E-state index in [9.17, 15) is 0 Å². The summed E-state index contributed by atoms with van der Waals surface area (Å²) in [6, 6.07) is 9.80. The number of anilines is 1. The Morgan fingerprint density at radius 3 is 2.58 bits per heavy atom. The first-order chi connectivity index (χ1) is 9.42. The fraction of sp³-hybridized carbons (Fsp3) is 0.625. The molecule has 3 nitrogen and oxygen atoms in total. The van der Waals surface area contributed by atoms with E-state index in [2.05, 4.69) is 34.5 Å². The van der Waals surface area contributed by atoms with Gasteiger partial charge in [-0.2, -0.15) is 0 Å². The predicted molar refractivity (Wildman–Crippen MR) is 78.8 cm³/mol. The number of hydrogen-bond acceptors (Lipinski definition) is 3. The minimum atomic E-state index is 0.683. The van der Waals surface area contributed by atoms with Crippen LogP contribution in [-0.4, -0.2) is 38.9 Å². The van der Waals surface area contributed by atoms with Crippen molar-refractivity contribution < 1.29 is 4.74 Å². The molecule has 0 aliphatic carbocycles. The summed E-state index contributed by atoms with van der Waals surface area (Å²) < 4.78 is 5.40. The Kier molecular flexibility index (Phi) is 4.36. The third-order valence-electron chi connectivity index (χ3n) is 4.21. The molecule has 0 saturated carbocycles. The lowest BCUT2D eigenvalue weighted by molar-refractivity contribution is 0.122. The van der Waals surface area contributed by atoms with E-state index in [4.69, 9.17) is 4.74 Å². The van der Waals surface area contributed by atoms with Crippen molar-refractivity contribution >= 4 is 5.69 Å². The van der Waals surface area contributed by atoms with Crippen LogP contribution >= 0.6 is 0 Å². The van der Waals surface area contributed by atoms with Crippen LogP contribution in [0.25, 0.3) is 0 Å². The highest BCUT2D eigenvalue weighted by molar-refractivity contribution is 5.48. The van der Waals surface area contributed by atoms with Crippen LogP contribution in [0.1, 0.15) is 24.8 Å². The van der Waals surface area contributed by atoms with Gasteiger partial charge >= 0.3 is 0 Å². The molecular formula is C16H24N2O. The second-order valence-electron chi connectivity index (χ2n) is 5.62. The summed E-state index contributed by atoms with van der Waals surface area (Å²) in [5, 5.41) is 3.62. The number of piperidine rings is 1. The summed E-state index contributed by atoms with van der Waals surface area (Å²) in [7, 11) is 0. The molecule has 1 aromatic rings. The molecule has 2 saturated heterocycles. The number of ether oxygens (including phenoxy) is 1. The van der Waals surface area contributed by atoms with Crippen LogP contribution in [0.3, 0.4) is 0 Å². The van der Waals surface area contributed by atoms with Crippen LogP contribution in [-0.2, 0) is 11.2 Å². The van der Waals surface area contributed by atoms with E-state index in [1.54, 1.807) is 0 Å². The molecule has 104 valence electrons. The van der Waals surface area contributed by atoms with Crippen LogP contribution in [0.2, 0.25) is 0 Å². The highest BCUT2D eigenvalue weighted by Gasteiger charge is 2.14. The Hall–Kier alpha value is -1.06. The van der Waals surface area contributed by atoms with Gasteiger partial charge in [0.25, 0.3) is 0 Å². The molecule has 0 spiro atoms. The van der Waals surface area contributed by atoms with Crippen molar-refractivity contribution in [3.8, 4) is 0 Å². The smallest absolute Gasteiger partial charge is 0.0642 e. The van der Waals surface area contributed by atoms with Crippen molar-refractivity contribution in [2.45, 2.75) is 31.7 Å². The lowest BCUT2D eigenvalue weighted by Crippen LogP contribution is -2.36. The molecule has 1 N–H and O–H groups in total. The van der Waals surface area contributed by atoms with E-state index in [0.717, 1.165) is 26.3 Å². The van der Waals surface area contributed by atoms with Gasteiger partial charge in [0.1, 0.15) is 0 Å². The molecule has 3 heteroatoms. The van der Waals surface area contributed by atoms with Crippen LogP contribution < -0.4 is 10.2 Å². The lowest BCUT2D eigenvalue weighted by atomic mass is 9.97. The molecular weight excluding hydrogens is 236 g/mol. The van der Waals surface area contributed by atoms with Gasteiger partial charge in [-0.1, -0.05) is 18.6 Å². The molecule has 2 aliphatic heterocycles. The summed E-state index contributed by atoms with van der Waals surface area (Å²) in [6.45, 7) is 4.94. The maximum absolute atomic E-state index is 5.40. The summed E-state index contributed by atoms with van der Waals surface area (Å²) in [4.78, 5) is 2.41. The molecule has 1 atom stereocenters. The van der Waals surface area contributed by atoms with E-state index in [1.165, 1.54) is 43.5 Å². The van der Waals surface area contributed by atoms with E-state index < -0.39 is 0 Å². The normalized spacial score (nSPS) is 24.4. The van der Waals surface area contributed by atoms with Crippen molar-refractivity contribution in [3.05, 3.63) is 29.8 Å². The highest BCUT2D eigenvalue weighted by Crippen LogP contribution is 2.19. The second kappa shape index (κ2) is 6.40. The van der Waals surface area contributed by atoms with Crippen LogP contribution in [0.15, 0.2) is 24.3 Å². The zero-order valence-electron chi connectivity index (χ0n) is 11.6. The van der Waals surface area contributed by atoms with E-state index in [1.807, 2.05) is 0 Å². The van der Waals surface area contributed by atoms with Crippen LogP contribution in [0, 0.1) is 0 Å². The van der Waals surface area contributed by atoms with Crippen molar-refractivity contribution in [1.29, 1.82) is 0 Å². The number of morpholine rings is 1. The standard InChI is InChI=1S/C16H24N2O/c1-2-8-17-15(3-1)13-14-4-6-16(7-5-14)18-9-11-19-12-10-18/h4-7,15,17H,1-3,8-13H2. The summed E-state index contributed by atoms with van der Waals surface area (Å²) in [5.74, 6) is 0. The molecule has 1 unspecified atom stereocenters. The SMILES string of the molecule is c1cc(N2CCOCC2)ccc1CC1CCCCN1. The van der Waals surface area contributed by atoms with Crippen molar-refractivity contribution in [2.75, 3.05) is 37.7 Å². The number of rotatable bonds is 3. The highest BCUT2D eigenvalue weighted by atomic mass is 16.5. The third-order valence-corrected chi connectivity index (χ3v) is 4.21. The Labute approximate surface area is 115 Å². The maximum atomic E-state index is 5.40. The fourth-order valence-corrected chi connectivity index (χ4v) is 3.05. The second-order valence-corrected chi connectivity index (χ2v) is 5.62. The topological polar surface area (TPSA) is 24.5 Å². The molecule has 0 bridgehead atoms. The zero-order valence-corrected chi connectivity index (χ0v) is 11.6. The largest absolute Gasteiger partial charge is 0.378 e. The first-order valence-electron chi connectivity index (χ1n) is 7.57. The van der Waals surface area contributed by atoms with Crippen LogP contribution in [0.4, 0.5) is 5.69 Å². The Balaban J connectivity index is 1.58. The van der Waals surface area contributed by atoms with Gasteiger partial charge in [0, 0.05) is 24.8 Å². The fourth-order valence-electron chi connectivity index (χ4n) is 3.05. The van der Waals surface area contributed by atoms with Gasteiger partial charge in [-0.25, -0.2) is 0 Å². The van der Waals surface area contributed by atoms with E-state index in [-0.39, 0.29) is 0 Å². The minimum Gasteiger partial charge on any atom is -0.378 e. The van der Waals surface area contributed by atoms with Gasteiger partial charge in [0.2, 0.25) is 0 Å². The molecule has 3 rings (SSSR count). The maximum Gasteiger partial charge on any atom is 0.0642 e. The Bertz CT molecular complexity index is 378. The van der Waals surface area contributed by atoms with E-state index in [0.29, 0.717) is 6.04 Å². The van der Waals surface area contributed by atoms with Gasteiger partial charge in [0.05, 0.1) is 13.2 Å². The van der Waals surface area contributed by atoms with Gasteiger partial charge in [-0.05, 0) is 43.5 Å². The summed E-state index contributed by atoms with van der Waals surface area (Å²) in [5.41, 5.74) is 2.79. The molecule has 0 aromatic heterocycles. The van der Waals surface area contributed by atoms with Crippen molar-refractivity contribution in [1.82, 2.24) is 5.32 Å². The van der Waals surface area contributed by atoms with Crippen molar-refractivity contribution in [2.24, 2.45) is 0 Å². The number of nitrogens with one attached hydrogen (secondary N) is 1. The van der Waals surface area contributed by atoms with Gasteiger partial charge < -0.3 is 15.0 Å². The molecule has 1 aromatic carbocycles. The average Bonchev–Trinajstić information content (AvgIpc) is 2.50. The average molecular weight is 260 g/mol. The van der Waals surface area contributed by atoms with Crippen molar-refractivity contribution in [3.63, 3.8) is 0 Å². The number of hydrogen-bond donors (Lipinski definition) is 1. The first kappa shape index (κ1) is 12.9. The molecule has 0 amide bonds. The van der Waals surface area contributed by atoms with Gasteiger partial charge in [0.15, 0.2) is 0 Å². The van der Waals surface area contributed by atoms with Gasteiger partial charge in [-0.15, -0.1) is 0 Å². The van der Waals surface area contributed by atoms with Gasteiger partial charge in [-0.3, -0.25) is 0 Å². The predicted octanol–water partition coefficient (Wildman–Crippen LogP) is 2.21. The Morgan fingerprint density at radius 2 is 1.89 bits per heavy atom. The molecule has 19 heavy (non-hydrogen) atoms. The van der Waals surface area contributed by atoms with E-state index >= 15 is 0 Å². The number of nitrogens with zero attached hydrogens (tertiary/aromatic N) is 1. The molecule has 2 fully saturated rings. The zero-order chi connectivity index (χ0) is 12.9.